The van der Waals surface area contributed by atoms with Crippen LogP contribution in [0.3, 0.4) is 0 Å². The number of benzene rings is 1. The Morgan fingerprint density at radius 1 is 1.32 bits per heavy atom. The minimum Gasteiger partial charge on any atom is -0.313 e. The second kappa shape index (κ2) is 6.09. The molecule has 2 aromatic rings. The van der Waals surface area contributed by atoms with Crippen molar-refractivity contribution in [2.75, 3.05) is 11.3 Å². The number of nitrogens with one attached hydrogen (secondary N) is 2. The molecule has 1 heterocycles. The lowest BCUT2D eigenvalue weighted by Gasteiger charge is -2.10. The van der Waals surface area contributed by atoms with Gasteiger partial charge in [-0.2, -0.15) is 0 Å². The first-order valence-electron chi connectivity index (χ1n) is 5.71. The second-order valence-electron chi connectivity index (χ2n) is 3.74. The topological polar surface area (TPSA) is 84.0 Å². The van der Waals surface area contributed by atoms with Crippen LogP contribution < -0.4 is 10.0 Å². The summed E-state index contributed by atoms with van der Waals surface area (Å²) in [5.74, 6) is 0. The highest BCUT2D eigenvalue weighted by molar-refractivity contribution is 7.93. The van der Waals surface area contributed by atoms with E-state index in [0.29, 0.717) is 6.54 Å². The van der Waals surface area contributed by atoms with Gasteiger partial charge in [-0.15, -0.1) is 10.2 Å². The van der Waals surface area contributed by atoms with Gasteiger partial charge in [-0.25, -0.2) is 8.42 Å². The normalized spacial score (nSPS) is 11.4. The van der Waals surface area contributed by atoms with E-state index in [0.717, 1.165) is 23.4 Å². The molecule has 0 aliphatic rings. The van der Waals surface area contributed by atoms with Gasteiger partial charge in [0.25, 0.3) is 10.0 Å². The molecule has 2 rings (SSSR count). The second-order valence-corrected chi connectivity index (χ2v) is 6.22. The van der Waals surface area contributed by atoms with Gasteiger partial charge in [0.05, 0.1) is 4.90 Å². The predicted molar refractivity (Wildman–Crippen MR) is 74.5 cm³/mol. The molecule has 0 atom stereocenters. The monoisotopic (exact) mass is 298 g/mol. The molecule has 1 aromatic carbocycles. The van der Waals surface area contributed by atoms with Crippen molar-refractivity contribution in [2.24, 2.45) is 0 Å². The quantitative estimate of drug-likeness (QED) is 0.843. The molecule has 0 spiro atoms. The van der Waals surface area contributed by atoms with Gasteiger partial charge in [0, 0.05) is 6.54 Å². The molecule has 0 saturated heterocycles. The summed E-state index contributed by atoms with van der Waals surface area (Å²) < 4.78 is 27.0. The van der Waals surface area contributed by atoms with Crippen molar-refractivity contribution < 1.29 is 8.42 Å². The first-order chi connectivity index (χ1) is 9.13. The Morgan fingerprint density at radius 3 is 2.79 bits per heavy atom. The van der Waals surface area contributed by atoms with Gasteiger partial charge in [0.15, 0.2) is 0 Å². The standard InChI is InChI=1S/C11H14N4O2S2/c1-2-12-7-9-5-3-4-6-10(9)19(16,17)15-11-14-13-8-18-11/h3-6,8,12H,2,7H2,1H3,(H,14,15). The fourth-order valence-electron chi connectivity index (χ4n) is 1.56. The van der Waals surface area contributed by atoms with Crippen LogP contribution in [-0.2, 0) is 16.6 Å². The Bertz CT molecular complexity index is 626. The Labute approximate surface area is 115 Å². The van der Waals surface area contributed by atoms with Crippen LogP contribution in [0.15, 0.2) is 34.7 Å². The smallest absolute Gasteiger partial charge is 0.264 e. The first-order valence-corrected chi connectivity index (χ1v) is 8.07. The lowest BCUT2D eigenvalue weighted by molar-refractivity contribution is 0.598. The van der Waals surface area contributed by atoms with E-state index in [1.807, 2.05) is 13.0 Å². The summed E-state index contributed by atoms with van der Waals surface area (Å²) >= 11 is 1.14. The van der Waals surface area contributed by atoms with E-state index in [9.17, 15) is 8.42 Å². The van der Waals surface area contributed by atoms with E-state index in [1.165, 1.54) is 5.51 Å². The molecule has 8 heteroatoms. The van der Waals surface area contributed by atoms with Crippen molar-refractivity contribution in [1.82, 2.24) is 15.5 Å². The van der Waals surface area contributed by atoms with Crippen molar-refractivity contribution in [3.05, 3.63) is 35.3 Å². The van der Waals surface area contributed by atoms with Crippen molar-refractivity contribution in [2.45, 2.75) is 18.4 Å². The minimum atomic E-state index is -3.63. The van der Waals surface area contributed by atoms with Crippen molar-refractivity contribution >= 4 is 26.5 Å². The molecular formula is C11H14N4O2S2. The molecule has 0 saturated carbocycles. The van der Waals surface area contributed by atoms with E-state index in [4.69, 9.17) is 0 Å². The molecule has 0 amide bonds. The van der Waals surface area contributed by atoms with Gasteiger partial charge in [0.1, 0.15) is 5.51 Å². The van der Waals surface area contributed by atoms with Crippen LogP contribution in [-0.4, -0.2) is 25.2 Å². The third-order valence-corrected chi connectivity index (χ3v) is 4.58. The molecule has 2 N–H and O–H groups in total. The number of nitrogens with zero attached hydrogens (tertiary/aromatic N) is 2. The zero-order valence-electron chi connectivity index (χ0n) is 10.3. The first kappa shape index (κ1) is 13.9. The van der Waals surface area contributed by atoms with Gasteiger partial charge in [-0.1, -0.05) is 36.5 Å². The average Bonchev–Trinajstić information content (AvgIpc) is 2.88. The Hall–Kier alpha value is -1.51. The molecule has 0 aliphatic carbocycles. The van der Waals surface area contributed by atoms with Gasteiger partial charge >= 0.3 is 0 Å². The van der Waals surface area contributed by atoms with Gasteiger partial charge in [0.2, 0.25) is 5.13 Å². The summed E-state index contributed by atoms with van der Waals surface area (Å²) in [6.45, 7) is 3.25. The number of aromatic nitrogens is 2. The molecule has 0 radical (unpaired) electrons. The van der Waals surface area contributed by atoms with Gasteiger partial charge in [-0.05, 0) is 18.2 Å². The van der Waals surface area contributed by atoms with Crippen LogP contribution in [0.5, 0.6) is 0 Å². The van der Waals surface area contributed by atoms with Crippen LogP contribution in [0.1, 0.15) is 12.5 Å². The van der Waals surface area contributed by atoms with Crippen LogP contribution in [0.2, 0.25) is 0 Å². The SMILES string of the molecule is CCNCc1ccccc1S(=O)(=O)Nc1nncs1. The highest BCUT2D eigenvalue weighted by Gasteiger charge is 2.19. The summed E-state index contributed by atoms with van der Waals surface area (Å²) in [5, 5.41) is 10.7. The van der Waals surface area contributed by atoms with Crippen LogP contribution in [0, 0.1) is 0 Å². The number of hydrogen-bond acceptors (Lipinski definition) is 6. The van der Waals surface area contributed by atoms with E-state index in [2.05, 4.69) is 20.2 Å². The van der Waals surface area contributed by atoms with Crippen molar-refractivity contribution in [1.29, 1.82) is 0 Å². The largest absolute Gasteiger partial charge is 0.313 e. The molecule has 0 aliphatic heterocycles. The van der Waals surface area contributed by atoms with Crippen LogP contribution in [0.25, 0.3) is 0 Å². The maximum absolute atomic E-state index is 12.3. The number of sulfonamides is 1. The Balaban J connectivity index is 2.29. The molecule has 19 heavy (non-hydrogen) atoms. The zero-order chi connectivity index (χ0) is 13.7. The maximum atomic E-state index is 12.3. The average molecular weight is 298 g/mol. The minimum absolute atomic E-state index is 0.256. The fourth-order valence-corrected chi connectivity index (χ4v) is 3.49. The molecule has 1 aromatic heterocycles. The number of anilines is 1. The summed E-state index contributed by atoms with van der Waals surface area (Å²) in [5.41, 5.74) is 2.20. The molecule has 6 nitrogen and oxygen atoms in total. The number of hydrogen-bond donors (Lipinski definition) is 2. The Kier molecular flexibility index (Phi) is 4.46. The van der Waals surface area contributed by atoms with E-state index >= 15 is 0 Å². The highest BCUT2D eigenvalue weighted by atomic mass is 32.2. The molecule has 0 fully saturated rings. The van der Waals surface area contributed by atoms with E-state index in [1.54, 1.807) is 18.2 Å². The number of rotatable bonds is 6. The van der Waals surface area contributed by atoms with Crippen LogP contribution in [0.4, 0.5) is 5.13 Å². The molecule has 0 unspecified atom stereocenters. The summed E-state index contributed by atoms with van der Waals surface area (Å²) in [7, 11) is -3.63. The van der Waals surface area contributed by atoms with Crippen LogP contribution >= 0.6 is 11.3 Å². The van der Waals surface area contributed by atoms with Crippen molar-refractivity contribution in [3.8, 4) is 0 Å². The third kappa shape index (κ3) is 3.49. The third-order valence-electron chi connectivity index (χ3n) is 2.41. The highest BCUT2D eigenvalue weighted by Crippen LogP contribution is 2.20. The molecule has 102 valence electrons. The summed E-state index contributed by atoms with van der Waals surface area (Å²) in [6.07, 6.45) is 0. The lowest BCUT2D eigenvalue weighted by atomic mass is 10.2. The molecular weight excluding hydrogens is 284 g/mol. The Morgan fingerprint density at radius 2 is 2.11 bits per heavy atom. The predicted octanol–water partition coefficient (Wildman–Crippen LogP) is 1.45. The fraction of sp³-hybridized carbons (Fsp3) is 0.273. The van der Waals surface area contributed by atoms with Gasteiger partial charge < -0.3 is 5.32 Å². The summed E-state index contributed by atoms with van der Waals surface area (Å²) in [4.78, 5) is 0.256. The summed E-state index contributed by atoms with van der Waals surface area (Å²) in [6, 6.07) is 6.88. The van der Waals surface area contributed by atoms with Crippen molar-refractivity contribution in [3.63, 3.8) is 0 Å². The van der Waals surface area contributed by atoms with E-state index in [-0.39, 0.29) is 10.0 Å². The lowest BCUT2D eigenvalue weighted by Crippen LogP contribution is -2.18. The molecule has 0 bridgehead atoms. The van der Waals surface area contributed by atoms with Gasteiger partial charge in [-0.3, -0.25) is 4.72 Å². The zero-order valence-corrected chi connectivity index (χ0v) is 12.0. The van der Waals surface area contributed by atoms with E-state index < -0.39 is 10.0 Å². The maximum Gasteiger partial charge on any atom is 0.264 e.